The largest absolute Gasteiger partial charge is 0.379 e. The molecule has 0 aliphatic carbocycles. The number of nitrogens with zero attached hydrogens (tertiary/aromatic N) is 2. The molecular formula is C14H17N3O2S. The van der Waals surface area contributed by atoms with Gasteiger partial charge in [-0.05, 0) is 37.6 Å². The first kappa shape index (κ1) is 14.5. The van der Waals surface area contributed by atoms with Crippen LogP contribution in [0.2, 0.25) is 0 Å². The van der Waals surface area contributed by atoms with E-state index in [1.54, 1.807) is 24.4 Å². The quantitative estimate of drug-likeness (QED) is 0.934. The van der Waals surface area contributed by atoms with Gasteiger partial charge in [0.1, 0.15) is 5.82 Å². The Kier molecular flexibility index (Phi) is 4.04. The van der Waals surface area contributed by atoms with E-state index < -0.39 is 9.84 Å². The predicted molar refractivity (Wildman–Crippen MR) is 78.4 cm³/mol. The van der Waals surface area contributed by atoms with E-state index in [0.29, 0.717) is 17.3 Å². The zero-order valence-electron chi connectivity index (χ0n) is 11.7. The van der Waals surface area contributed by atoms with Gasteiger partial charge in [0.15, 0.2) is 9.84 Å². The van der Waals surface area contributed by atoms with Crippen molar-refractivity contribution in [1.29, 1.82) is 0 Å². The molecule has 0 bridgehead atoms. The summed E-state index contributed by atoms with van der Waals surface area (Å²) in [5, 5.41) is 3.21. The zero-order valence-corrected chi connectivity index (χ0v) is 12.5. The third kappa shape index (κ3) is 3.54. The number of benzene rings is 1. The Bertz CT molecular complexity index is 727. The van der Waals surface area contributed by atoms with Crippen LogP contribution in [-0.4, -0.2) is 24.6 Å². The Morgan fingerprint density at radius 3 is 2.60 bits per heavy atom. The van der Waals surface area contributed by atoms with Gasteiger partial charge in [-0.15, -0.1) is 0 Å². The van der Waals surface area contributed by atoms with Crippen molar-refractivity contribution in [2.24, 2.45) is 0 Å². The normalized spacial score (nSPS) is 11.3. The summed E-state index contributed by atoms with van der Waals surface area (Å²) < 4.78 is 23.1. The molecule has 0 fully saturated rings. The van der Waals surface area contributed by atoms with E-state index >= 15 is 0 Å². The van der Waals surface area contributed by atoms with Crippen LogP contribution in [0.3, 0.4) is 0 Å². The van der Waals surface area contributed by atoms with Gasteiger partial charge in [-0.1, -0.05) is 6.07 Å². The molecule has 0 unspecified atom stereocenters. The number of hydrogen-bond donors (Lipinski definition) is 1. The summed E-state index contributed by atoms with van der Waals surface area (Å²) in [6.45, 7) is 4.29. The summed E-state index contributed by atoms with van der Waals surface area (Å²) in [4.78, 5) is 8.65. The van der Waals surface area contributed by atoms with Crippen LogP contribution in [0.1, 0.15) is 17.1 Å². The SMILES string of the molecule is Cc1nccc(CNc2cc(S(C)(=O)=O)ccc2C)n1. The summed E-state index contributed by atoms with van der Waals surface area (Å²) in [7, 11) is -3.20. The van der Waals surface area contributed by atoms with E-state index in [1.807, 2.05) is 19.9 Å². The molecule has 0 aliphatic rings. The number of aryl methyl sites for hydroxylation is 2. The summed E-state index contributed by atoms with van der Waals surface area (Å²) in [6, 6.07) is 6.89. The first-order chi connectivity index (χ1) is 9.36. The molecule has 106 valence electrons. The molecule has 0 radical (unpaired) electrons. The lowest BCUT2D eigenvalue weighted by atomic mass is 10.2. The lowest BCUT2D eigenvalue weighted by molar-refractivity contribution is 0.602. The van der Waals surface area contributed by atoms with Gasteiger partial charge in [0.2, 0.25) is 0 Å². The number of anilines is 1. The standard InChI is InChI=1S/C14H17N3O2S/c1-10-4-5-13(20(3,18)19)8-14(10)16-9-12-6-7-15-11(2)17-12/h4-8,16H,9H2,1-3H3. The second-order valence-electron chi connectivity index (χ2n) is 4.70. The average molecular weight is 291 g/mol. The van der Waals surface area contributed by atoms with Crippen LogP contribution in [0.15, 0.2) is 35.4 Å². The van der Waals surface area contributed by atoms with Crippen LogP contribution in [-0.2, 0) is 16.4 Å². The maximum atomic E-state index is 11.6. The molecule has 1 heterocycles. The smallest absolute Gasteiger partial charge is 0.175 e. The summed E-state index contributed by atoms with van der Waals surface area (Å²) in [5.41, 5.74) is 2.65. The molecule has 5 nitrogen and oxygen atoms in total. The van der Waals surface area contributed by atoms with Gasteiger partial charge in [0.25, 0.3) is 0 Å². The fourth-order valence-corrected chi connectivity index (χ4v) is 2.46. The first-order valence-electron chi connectivity index (χ1n) is 6.19. The van der Waals surface area contributed by atoms with Gasteiger partial charge in [-0.2, -0.15) is 0 Å². The Labute approximate surface area is 119 Å². The van der Waals surface area contributed by atoms with E-state index in [-0.39, 0.29) is 0 Å². The van der Waals surface area contributed by atoms with Crippen molar-refractivity contribution in [3.8, 4) is 0 Å². The summed E-state index contributed by atoms with van der Waals surface area (Å²) in [5.74, 6) is 0.714. The van der Waals surface area contributed by atoms with Crippen molar-refractivity contribution >= 4 is 15.5 Å². The van der Waals surface area contributed by atoms with Crippen molar-refractivity contribution in [3.05, 3.63) is 47.5 Å². The highest BCUT2D eigenvalue weighted by molar-refractivity contribution is 7.90. The van der Waals surface area contributed by atoms with Gasteiger partial charge in [-0.3, -0.25) is 0 Å². The molecule has 1 aromatic heterocycles. The van der Waals surface area contributed by atoms with E-state index in [9.17, 15) is 8.42 Å². The summed E-state index contributed by atoms with van der Waals surface area (Å²) >= 11 is 0. The molecule has 0 saturated heterocycles. The van der Waals surface area contributed by atoms with Gasteiger partial charge < -0.3 is 5.32 Å². The molecule has 2 rings (SSSR count). The van der Waals surface area contributed by atoms with Crippen molar-refractivity contribution in [2.75, 3.05) is 11.6 Å². The molecule has 0 spiro atoms. The fourth-order valence-electron chi connectivity index (χ4n) is 1.81. The maximum absolute atomic E-state index is 11.6. The highest BCUT2D eigenvalue weighted by atomic mass is 32.2. The van der Waals surface area contributed by atoms with Crippen LogP contribution in [0.25, 0.3) is 0 Å². The molecule has 0 atom stereocenters. The molecule has 0 amide bonds. The van der Waals surface area contributed by atoms with E-state index in [4.69, 9.17) is 0 Å². The van der Waals surface area contributed by atoms with Crippen molar-refractivity contribution in [1.82, 2.24) is 9.97 Å². The Hall–Kier alpha value is -1.95. The maximum Gasteiger partial charge on any atom is 0.175 e. The topological polar surface area (TPSA) is 72.0 Å². The first-order valence-corrected chi connectivity index (χ1v) is 8.08. The number of rotatable bonds is 4. The van der Waals surface area contributed by atoms with Gasteiger partial charge in [0.05, 0.1) is 17.1 Å². The van der Waals surface area contributed by atoms with Crippen LogP contribution >= 0.6 is 0 Å². The number of aromatic nitrogens is 2. The minimum atomic E-state index is -3.20. The van der Waals surface area contributed by atoms with Crippen LogP contribution < -0.4 is 5.32 Å². The molecular weight excluding hydrogens is 274 g/mol. The second-order valence-corrected chi connectivity index (χ2v) is 6.71. The fraction of sp³-hybridized carbons (Fsp3) is 0.286. The Balaban J connectivity index is 2.21. The molecule has 0 saturated carbocycles. The Morgan fingerprint density at radius 1 is 1.20 bits per heavy atom. The lowest BCUT2D eigenvalue weighted by Crippen LogP contribution is -2.06. The number of nitrogens with one attached hydrogen (secondary N) is 1. The minimum Gasteiger partial charge on any atom is -0.379 e. The van der Waals surface area contributed by atoms with Crippen molar-refractivity contribution in [3.63, 3.8) is 0 Å². The molecule has 2 aromatic rings. The molecule has 20 heavy (non-hydrogen) atoms. The molecule has 1 aromatic carbocycles. The van der Waals surface area contributed by atoms with Gasteiger partial charge >= 0.3 is 0 Å². The highest BCUT2D eigenvalue weighted by Gasteiger charge is 2.09. The third-order valence-corrected chi connectivity index (χ3v) is 4.04. The van der Waals surface area contributed by atoms with Crippen molar-refractivity contribution in [2.45, 2.75) is 25.3 Å². The lowest BCUT2D eigenvalue weighted by Gasteiger charge is -2.11. The molecule has 6 heteroatoms. The molecule has 0 aliphatic heterocycles. The zero-order chi connectivity index (χ0) is 14.8. The average Bonchev–Trinajstić information content (AvgIpc) is 2.36. The predicted octanol–water partition coefficient (Wildman–Crippen LogP) is 2.11. The van der Waals surface area contributed by atoms with Gasteiger partial charge in [0, 0.05) is 18.1 Å². The monoisotopic (exact) mass is 291 g/mol. The third-order valence-electron chi connectivity index (χ3n) is 2.93. The van der Waals surface area contributed by atoms with Gasteiger partial charge in [-0.25, -0.2) is 18.4 Å². The number of hydrogen-bond acceptors (Lipinski definition) is 5. The minimum absolute atomic E-state index is 0.310. The van der Waals surface area contributed by atoms with Crippen LogP contribution in [0.4, 0.5) is 5.69 Å². The number of sulfone groups is 1. The van der Waals surface area contributed by atoms with E-state index in [1.165, 1.54) is 6.26 Å². The van der Waals surface area contributed by atoms with E-state index in [2.05, 4.69) is 15.3 Å². The van der Waals surface area contributed by atoms with Crippen molar-refractivity contribution < 1.29 is 8.42 Å². The highest BCUT2D eigenvalue weighted by Crippen LogP contribution is 2.20. The summed E-state index contributed by atoms with van der Waals surface area (Å²) in [6.07, 6.45) is 2.91. The van der Waals surface area contributed by atoms with Crippen LogP contribution in [0, 0.1) is 13.8 Å². The Morgan fingerprint density at radius 2 is 1.95 bits per heavy atom. The second kappa shape index (κ2) is 5.58. The van der Waals surface area contributed by atoms with E-state index in [0.717, 1.165) is 16.9 Å². The van der Waals surface area contributed by atoms with Crippen LogP contribution in [0.5, 0.6) is 0 Å². The molecule has 1 N–H and O–H groups in total.